The standard InChI is InChI=1S/C15H17N/c1-11-3-6-15(9-12(11)2)14-7-4-13(10-16)5-8-14/h3-9H,10,16H2,1-2H3. The van der Waals surface area contributed by atoms with Crippen molar-refractivity contribution in [1.82, 2.24) is 0 Å². The lowest BCUT2D eigenvalue weighted by Gasteiger charge is -2.06. The monoisotopic (exact) mass is 211 g/mol. The summed E-state index contributed by atoms with van der Waals surface area (Å²) in [6.45, 7) is 4.89. The summed E-state index contributed by atoms with van der Waals surface area (Å²) in [4.78, 5) is 0. The van der Waals surface area contributed by atoms with E-state index in [9.17, 15) is 0 Å². The van der Waals surface area contributed by atoms with E-state index in [1.54, 1.807) is 0 Å². The Bertz CT molecular complexity index is 483. The van der Waals surface area contributed by atoms with Crippen molar-refractivity contribution in [1.29, 1.82) is 0 Å². The molecule has 0 aromatic heterocycles. The van der Waals surface area contributed by atoms with Gasteiger partial charge >= 0.3 is 0 Å². The van der Waals surface area contributed by atoms with Crippen LogP contribution in [0.1, 0.15) is 16.7 Å². The molecule has 0 heterocycles. The lowest BCUT2D eigenvalue weighted by Crippen LogP contribution is -1.95. The van der Waals surface area contributed by atoms with E-state index in [2.05, 4.69) is 56.3 Å². The van der Waals surface area contributed by atoms with E-state index in [1.165, 1.54) is 27.8 Å². The molecular weight excluding hydrogens is 194 g/mol. The summed E-state index contributed by atoms with van der Waals surface area (Å²) in [5.41, 5.74) is 11.9. The molecule has 0 aliphatic heterocycles. The third-order valence-corrected chi connectivity index (χ3v) is 3.03. The van der Waals surface area contributed by atoms with E-state index < -0.39 is 0 Å². The highest BCUT2D eigenvalue weighted by Crippen LogP contribution is 2.22. The van der Waals surface area contributed by atoms with Crippen molar-refractivity contribution in [3.8, 4) is 11.1 Å². The molecule has 0 aliphatic carbocycles. The Morgan fingerprint density at radius 3 is 2.00 bits per heavy atom. The van der Waals surface area contributed by atoms with Crippen LogP contribution in [0.25, 0.3) is 11.1 Å². The second kappa shape index (κ2) is 4.50. The van der Waals surface area contributed by atoms with Crippen molar-refractivity contribution in [3.05, 3.63) is 59.2 Å². The molecule has 0 saturated carbocycles. The Hall–Kier alpha value is -1.60. The number of rotatable bonds is 2. The van der Waals surface area contributed by atoms with E-state index in [-0.39, 0.29) is 0 Å². The smallest absolute Gasteiger partial charge is 0.0178 e. The average molecular weight is 211 g/mol. The first-order valence-electron chi connectivity index (χ1n) is 5.57. The third kappa shape index (κ3) is 2.15. The van der Waals surface area contributed by atoms with Crippen LogP contribution >= 0.6 is 0 Å². The molecule has 0 radical (unpaired) electrons. The lowest BCUT2D eigenvalue weighted by atomic mass is 10.00. The van der Waals surface area contributed by atoms with Crippen LogP contribution in [0, 0.1) is 13.8 Å². The summed E-state index contributed by atoms with van der Waals surface area (Å²) in [7, 11) is 0. The van der Waals surface area contributed by atoms with Gasteiger partial charge in [-0.1, -0.05) is 42.5 Å². The van der Waals surface area contributed by atoms with Crippen LogP contribution in [-0.4, -0.2) is 0 Å². The van der Waals surface area contributed by atoms with Gasteiger partial charge in [0.15, 0.2) is 0 Å². The van der Waals surface area contributed by atoms with Gasteiger partial charge in [-0.2, -0.15) is 0 Å². The zero-order valence-electron chi connectivity index (χ0n) is 9.83. The Labute approximate surface area is 96.9 Å². The predicted octanol–water partition coefficient (Wildman–Crippen LogP) is 3.43. The Kier molecular flexibility index (Phi) is 3.07. The number of hydrogen-bond donors (Lipinski definition) is 1. The topological polar surface area (TPSA) is 26.0 Å². The maximum atomic E-state index is 5.58. The van der Waals surface area contributed by atoms with Gasteiger partial charge in [0.05, 0.1) is 0 Å². The first-order chi connectivity index (χ1) is 7.70. The van der Waals surface area contributed by atoms with E-state index in [1.807, 2.05) is 0 Å². The van der Waals surface area contributed by atoms with Gasteiger partial charge in [0.2, 0.25) is 0 Å². The molecule has 82 valence electrons. The summed E-state index contributed by atoms with van der Waals surface area (Å²) >= 11 is 0. The van der Waals surface area contributed by atoms with Gasteiger partial charge in [-0.3, -0.25) is 0 Å². The molecule has 0 saturated heterocycles. The van der Waals surface area contributed by atoms with E-state index in [0.717, 1.165) is 0 Å². The molecular formula is C15H17N. The zero-order valence-corrected chi connectivity index (χ0v) is 9.83. The summed E-state index contributed by atoms with van der Waals surface area (Å²) in [5, 5.41) is 0. The summed E-state index contributed by atoms with van der Waals surface area (Å²) in [6.07, 6.45) is 0. The second-order valence-corrected chi connectivity index (χ2v) is 4.20. The molecule has 0 spiro atoms. The van der Waals surface area contributed by atoms with Gasteiger partial charge in [0, 0.05) is 6.54 Å². The first kappa shape index (κ1) is 10.9. The van der Waals surface area contributed by atoms with E-state index in [0.29, 0.717) is 6.54 Å². The summed E-state index contributed by atoms with van der Waals surface area (Å²) in [5.74, 6) is 0. The van der Waals surface area contributed by atoms with Crippen molar-refractivity contribution < 1.29 is 0 Å². The van der Waals surface area contributed by atoms with E-state index in [4.69, 9.17) is 5.73 Å². The fraction of sp³-hybridized carbons (Fsp3) is 0.200. The van der Waals surface area contributed by atoms with Crippen LogP contribution in [-0.2, 0) is 6.54 Å². The molecule has 0 aliphatic rings. The number of hydrogen-bond acceptors (Lipinski definition) is 1. The first-order valence-corrected chi connectivity index (χ1v) is 5.57. The molecule has 0 fully saturated rings. The van der Waals surface area contributed by atoms with Gasteiger partial charge in [0.25, 0.3) is 0 Å². The fourth-order valence-corrected chi connectivity index (χ4v) is 1.75. The summed E-state index contributed by atoms with van der Waals surface area (Å²) < 4.78 is 0. The maximum Gasteiger partial charge on any atom is 0.0178 e. The minimum atomic E-state index is 0.604. The van der Waals surface area contributed by atoms with Crippen LogP contribution < -0.4 is 5.73 Å². The number of aryl methyl sites for hydroxylation is 2. The van der Waals surface area contributed by atoms with Gasteiger partial charge in [-0.15, -0.1) is 0 Å². The van der Waals surface area contributed by atoms with Crippen LogP contribution in [0.15, 0.2) is 42.5 Å². The quantitative estimate of drug-likeness (QED) is 0.809. The molecule has 1 nitrogen and oxygen atoms in total. The minimum absolute atomic E-state index is 0.604. The average Bonchev–Trinajstić information content (AvgIpc) is 2.33. The highest BCUT2D eigenvalue weighted by molar-refractivity contribution is 5.65. The summed E-state index contributed by atoms with van der Waals surface area (Å²) in [6, 6.07) is 15.0. The molecule has 2 N–H and O–H groups in total. The Morgan fingerprint density at radius 1 is 0.812 bits per heavy atom. The molecule has 0 amide bonds. The van der Waals surface area contributed by atoms with Gasteiger partial charge in [0.1, 0.15) is 0 Å². The predicted molar refractivity (Wildman–Crippen MR) is 69.2 cm³/mol. The van der Waals surface area contributed by atoms with Crippen molar-refractivity contribution in [3.63, 3.8) is 0 Å². The molecule has 0 atom stereocenters. The number of benzene rings is 2. The van der Waals surface area contributed by atoms with Crippen molar-refractivity contribution in [2.45, 2.75) is 20.4 Å². The van der Waals surface area contributed by atoms with Gasteiger partial charge < -0.3 is 5.73 Å². The Morgan fingerprint density at radius 2 is 1.44 bits per heavy atom. The Balaban J connectivity index is 2.38. The minimum Gasteiger partial charge on any atom is -0.326 e. The molecule has 0 bridgehead atoms. The molecule has 0 unspecified atom stereocenters. The van der Waals surface area contributed by atoms with Crippen LogP contribution in [0.2, 0.25) is 0 Å². The highest BCUT2D eigenvalue weighted by Gasteiger charge is 1.99. The van der Waals surface area contributed by atoms with Crippen LogP contribution in [0.5, 0.6) is 0 Å². The molecule has 2 aromatic carbocycles. The SMILES string of the molecule is Cc1ccc(-c2ccc(CN)cc2)cc1C. The molecule has 16 heavy (non-hydrogen) atoms. The number of nitrogens with two attached hydrogens (primary N) is 1. The lowest BCUT2D eigenvalue weighted by molar-refractivity contribution is 1.07. The second-order valence-electron chi connectivity index (χ2n) is 4.20. The third-order valence-electron chi connectivity index (χ3n) is 3.03. The molecule has 2 aromatic rings. The van der Waals surface area contributed by atoms with Crippen molar-refractivity contribution in [2.75, 3.05) is 0 Å². The van der Waals surface area contributed by atoms with E-state index >= 15 is 0 Å². The van der Waals surface area contributed by atoms with Crippen molar-refractivity contribution >= 4 is 0 Å². The highest BCUT2D eigenvalue weighted by atomic mass is 14.5. The zero-order chi connectivity index (χ0) is 11.5. The fourth-order valence-electron chi connectivity index (χ4n) is 1.75. The molecule has 1 heteroatoms. The van der Waals surface area contributed by atoms with Crippen LogP contribution in [0.4, 0.5) is 0 Å². The van der Waals surface area contributed by atoms with Gasteiger partial charge in [-0.05, 0) is 41.7 Å². The van der Waals surface area contributed by atoms with Crippen LogP contribution in [0.3, 0.4) is 0 Å². The largest absolute Gasteiger partial charge is 0.326 e. The van der Waals surface area contributed by atoms with Crippen molar-refractivity contribution in [2.24, 2.45) is 5.73 Å². The maximum absolute atomic E-state index is 5.58. The molecule has 2 rings (SSSR count). The normalized spacial score (nSPS) is 10.4. The van der Waals surface area contributed by atoms with Gasteiger partial charge in [-0.25, -0.2) is 0 Å².